The van der Waals surface area contributed by atoms with E-state index in [2.05, 4.69) is 17.0 Å². The Bertz CT molecular complexity index is 689. The standard InChI is InChI=1S/C17H20ClN3O/c1-5-11(2)19-17(22)10-16-12(3)20-21(13(16)4)15-8-6-14(18)7-9-15/h5-9,11H,1,10H2,2-4H3,(H,19,22). The molecule has 116 valence electrons. The van der Waals surface area contributed by atoms with Crippen LogP contribution in [0.3, 0.4) is 0 Å². The molecule has 1 heterocycles. The summed E-state index contributed by atoms with van der Waals surface area (Å²) in [7, 11) is 0. The Morgan fingerprint density at radius 1 is 1.41 bits per heavy atom. The molecule has 0 aliphatic rings. The lowest BCUT2D eigenvalue weighted by Gasteiger charge is -2.09. The molecule has 0 radical (unpaired) electrons. The number of benzene rings is 1. The zero-order valence-corrected chi connectivity index (χ0v) is 13.8. The first-order chi connectivity index (χ1) is 10.4. The fourth-order valence-electron chi connectivity index (χ4n) is 2.29. The SMILES string of the molecule is C=CC(C)NC(=O)Cc1c(C)nn(-c2ccc(Cl)cc2)c1C. The summed E-state index contributed by atoms with van der Waals surface area (Å²) in [5.74, 6) is -0.0331. The van der Waals surface area contributed by atoms with Crippen molar-refractivity contribution in [3.8, 4) is 5.69 Å². The van der Waals surface area contributed by atoms with Gasteiger partial charge in [-0.2, -0.15) is 5.10 Å². The van der Waals surface area contributed by atoms with Gasteiger partial charge in [0.05, 0.1) is 17.8 Å². The summed E-state index contributed by atoms with van der Waals surface area (Å²) >= 11 is 5.92. The number of aromatic nitrogens is 2. The first-order valence-electron chi connectivity index (χ1n) is 7.15. The second-order valence-corrected chi connectivity index (χ2v) is 5.74. The van der Waals surface area contributed by atoms with Gasteiger partial charge in [0.25, 0.3) is 0 Å². The van der Waals surface area contributed by atoms with Crippen LogP contribution >= 0.6 is 11.6 Å². The van der Waals surface area contributed by atoms with Crippen LogP contribution in [0.5, 0.6) is 0 Å². The van der Waals surface area contributed by atoms with E-state index in [-0.39, 0.29) is 11.9 Å². The van der Waals surface area contributed by atoms with Crippen molar-refractivity contribution in [1.29, 1.82) is 0 Å². The maximum Gasteiger partial charge on any atom is 0.225 e. The van der Waals surface area contributed by atoms with Gasteiger partial charge in [-0.15, -0.1) is 6.58 Å². The molecule has 0 saturated carbocycles. The second kappa shape index (κ2) is 6.79. The second-order valence-electron chi connectivity index (χ2n) is 5.31. The summed E-state index contributed by atoms with van der Waals surface area (Å²) in [6, 6.07) is 7.42. The van der Waals surface area contributed by atoms with Crippen molar-refractivity contribution in [3.05, 3.63) is 58.9 Å². The van der Waals surface area contributed by atoms with E-state index >= 15 is 0 Å². The number of halogens is 1. The molecule has 2 aromatic rings. The molecule has 1 aromatic heterocycles. The summed E-state index contributed by atoms with van der Waals surface area (Å²) in [4.78, 5) is 12.1. The fraction of sp³-hybridized carbons (Fsp3) is 0.294. The third-order valence-electron chi connectivity index (χ3n) is 3.59. The molecule has 0 saturated heterocycles. The molecular formula is C17H20ClN3O. The predicted molar refractivity (Wildman–Crippen MR) is 89.6 cm³/mol. The number of carbonyl (C=O) groups is 1. The minimum absolute atomic E-state index is 0.0331. The highest BCUT2D eigenvalue weighted by atomic mass is 35.5. The van der Waals surface area contributed by atoms with Gasteiger partial charge in [0.2, 0.25) is 5.91 Å². The molecule has 0 spiro atoms. The van der Waals surface area contributed by atoms with Crippen molar-refractivity contribution >= 4 is 17.5 Å². The third-order valence-corrected chi connectivity index (χ3v) is 3.84. The molecule has 1 amide bonds. The van der Waals surface area contributed by atoms with Crippen molar-refractivity contribution in [1.82, 2.24) is 15.1 Å². The van der Waals surface area contributed by atoms with Gasteiger partial charge >= 0.3 is 0 Å². The third kappa shape index (κ3) is 3.57. The van der Waals surface area contributed by atoms with E-state index in [9.17, 15) is 4.79 Å². The lowest BCUT2D eigenvalue weighted by atomic mass is 10.1. The smallest absolute Gasteiger partial charge is 0.225 e. The summed E-state index contributed by atoms with van der Waals surface area (Å²) in [5.41, 5.74) is 3.69. The molecule has 0 aliphatic heterocycles. The number of carbonyl (C=O) groups excluding carboxylic acids is 1. The normalized spacial score (nSPS) is 12.0. The summed E-state index contributed by atoms with van der Waals surface area (Å²) in [5, 5.41) is 8.10. The van der Waals surface area contributed by atoms with E-state index in [1.807, 2.05) is 49.7 Å². The van der Waals surface area contributed by atoms with E-state index in [1.165, 1.54) is 0 Å². The number of nitrogens with one attached hydrogen (secondary N) is 1. The quantitative estimate of drug-likeness (QED) is 0.859. The van der Waals surface area contributed by atoms with Gasteiger partial charge in [-0.1, -0.05) is 17.7 Å². The maximum absolute atomic E-state index is 12.1. The van der Waals surface area contributed by atoms with Crippen LogP contribution < -0.4 is 5.32 Å². The van der Waals surface area contributed by atoms with Crippen molar-refractivity contribution in [2.24, 2.45) is 0 Å². The van der Waals surface area contributed by atoms with Crippen LogP contribution in [-0.4, -0.2) is 21.7 Å². The Labute approximate surface area is 135 Å². The van der Waals surface area contributed by atoms with Gasteiger partial charge in [-0.05, 0) is 45.0 Å². The molecule has 4 nitrogen and oxygen atoms in total. The first-order valence-corrected chi connectivity index (χ1v) is 7.53. The molecule has 22 heavy (non-hydrogen) atoms. The molecular weight excluding hydrogens is 298 g/mol. The number of aryl methyl sites for hydroxylation is 1. The zero-order valence-electron chi connectivity index (χ0n) is 13.1. The maximum atomic E-state index is 12.1. The van der Waals surface area contributed by atoms with Crippen LogP contribution in [0.25, 0.3) is 5.69 Å². The van der Waals surface area contributed by atoms with Gasteiger partial charge in [-0.3, -0.25) is 4.79 Å². The Morgan fingerprint density at radius 3 is 2.64 bits per heavy atom. The monoisotopic (exact) mass is 317 g/mol. The van der Waals surface area contributed by atoms with Gasteiger partial charge < -0.3 is 5.32 Å². The van der Waals surface area contributed by atoms with Crippen LogP contribution in [0.15, 0.2) is 36.9 Å². The van der Waals surface area contributed by atoms with Crippen LogP contribution in [0.2, 0.25) is 5.02 Å². The minimum atomic E-state index is -0.0422. The van der Waals surface area contributed by atoms with E-state index in [1.54, 1.807) is 6.08 Å². The molecule has 0 bridgehead atoms. The van der Waals surface area contributed by atoms with E-state index < -0.39 is 0 Å². The van der Waals surface area contributed by atoms with E-state index in [0.29, 0.717) is 11.4 Å². The number of rotatable bonds is 5. The molecule has 1 unspecified atom stereocenters. The van der Waals surface area contributed by atoms with Crippen LogP contribution in [-0.2, 0) is 11.2 Å². The molecule has 0 aliphatic carbocycles. The summed E-state index contributed by atoms with van der Waals surface area (Å²) in [6.07, 6.45) is 2.01. The average Bonchev–Trinajstić information content (AvgIpc) is 2.76. The summed E-state index contributed by atoms with van der Waals surface area (Å²) < 4.78 is 1.84. The van der Waals surface area contributed by atoms with Crippen LogP contribution in [0.1, 0.15) is 23.9 Å². The number of hydrogen-bond donors (Lipinski definition) is 1. The van der Waals surface area contributed by atoms with Crippen molar-refractivity contribution in [2.45, 2.75) is 33.2 Å². The highest BCUT2D eigenvalue weighted by Gasteiger charge is 2.16. The number of nitrogens with zero attached hydrogens (tertiary/aromatic N) is 2. The first kappa shape index (κ1) is 16.3. The van der Waals surface area contributed by atoms with E-state index in [4.69, 9.17) is 11.6 Å². The minimum Gasteiger partial charge on any atom is -0.350 e. The predicted octanol–water partition coefficient (Wildman–Crippen LogP) is 3.38. The Balaban J connectivity index is 2.25. The van der Waals surface area contributed by atoms with Crippen LogP contribution in [0.4, 0.5) is 0 Å². The van der Waals surface area contributed by atoms with Crippen molar-refractivity contribution in [2.75, 3.05) is 0 Å². The van der Waals surface area contributed by atoms with Gasteiger partial charge in [0.1, 0.15) is 0 Å². The van der Waals surface area contributed by atoms with Gasteiger partial charge in [0.15, 0.2) is 0 Å². The largest absolute Gasteiger partial charge is 0.350 e. The van der Waals surface area contributed by atoms with Crippen molar-refractivity contribution in [3.63, 3.8) is 0 Å². The van der Waals surface area contributed by atoms with Crippen molar-refractivity contribution < 1.29 is 4.79 Å². The lowest BCUT2D eigenvalue weighted by Crippen LogP contribution is -2.32. The molecule has 1 N–H and O–H groups in total. The highest BCUT2D eigenvalue weighted by molar-refractivity contribution is 6.30. The molecule has 1 aromatic carbocycles. The number of hydrogen-bond acceptors (Lipinski definition) is 2. The molecule has 5 heteroatoms. The Morgan fingerprint density at radius 2 is 2.05 bits per heavy atom. The highest BCUT2D eigenvalue weighted by Crippen LogP contribution is 2.20. The Kier molecular flexibility index (Phi) is 5.03. The Hall–Kier alpha value is -2.07. The summed E-state index contributed by atoms with van der Waals surface area (Å²) in [6.45, 7) is 9.44. The number of amides is 1. The topological polar surface area (TPSA) is 46.9 Å². The van der Waals surface area contributed by atoms with Gasteiger partial charge in [-0.25, -0.2) is 4.68 Å². The molecule has 0 fully saturated rings. The average molecular weight is 318 g/mol. The zero-order chi connectivity index (χ0) is 16.3. The fourth-order valence-corrected chi connectivity index (χ4v) is 2.41. The van der Waals surface area contributed by atoms with Crippen LogP contribution in [0, 0.1) is 13.8 Å². The molecule has 1 atom stereocenters. The van der Waals surface area contributed by atoms with Gasteiger partial charge in [0, 0.05) is 22.3 Å². The lowest BCUT2D eigenvalue weighted by molar-refractivity contribution is -0.120. The molecule has 2 rings (SSSR count). The van der Waals surface area contributed by atoms with E-state index in [0.717, 1.165) is 22.6 Å².